The molecule has 3 heterocycles. The number of methoxy groups -OCH3 is 1. The topological polar surface area (TPSA) is 89.8 Å². The number of hydrogen-bond acceptors (Lipinski definition) is 6. The summed E-state index contributed by atoms with van der Waals surface area (Å²) in [5.41, 5.74) is 8.17. The molecule has 0 aliphatic rings. The monoisotopic (exact) mass is 299 g/mol. The van der Waals surface area contributed by atoms with E-state index in [4.69, 9.17) is 10.5 Å². The van der Waals surface area contributed by atoms with Crippen LogP contribution in [-0.4, -0.2) is 21.6 Å². The highest BCUT2D eigenvalue weighted by Crippen LogP contribution is 2.37. The van der Waals surface area contributed by atoms with Gasteiger partial charge in [0, 0.05) is 17.1 Å². The molecule has 3 aromatic rings. The lowest BCUT2D eigenvalue weighted by Gasteiger charge is -2.06. The van der Waals surface area contributed by atoms with E-state index in [0.717, 1.165) is 16.3 Å². The molecule has 0 aliphatic heterocycles. The number of nitrogens with two attached hydrogens (primary N) is 1. The summed E-state index contributed by atoms with van der Waals surface area (Å²) in [4.78, 5) is 8.60. The van der Waals surface area contributed by atoms with E-state index in [0.29, 0.717) is 28.2 Å². The quantitative estimate of drug-likeness (QED) is 0.785. The number of rotatable bonds is 2. The predicted octanol–water partition coefficient (Wildman–Crippen LogP) is 2.56. The molecule has 3 aromatic heterocycles. The highest BCUT2D eigenvalue weighted by Gasteiger charge is 2.21. The normalized spacial score (nSPS) is 10.8. The summed E-state index contributed by atoms with van der Waals surface area (Å²) in [6.07, 6.45) is 1.64. The zero-order chi connectivity index (χ0) is 15.1. The fourth-order valence-corrected chi connectivity index (χ4v) is 3.36. The van der Waals surface area contributed by atoms with Gasteiger partial charge < -0.3 is 10.5 Å². The number of nitrogen functional groups attached to an aromatic ring is 1. The van der Waals surface area contributed by atoms with E-state index >= 15 is 0 Å². The number of nitrogens with zero attached hydrogens (tertiary/aromatic N) is 4. The van der Waals surface area contributed by atoms with Gasteiger partial charge in [0.15, 0.2) is 5.65 Å². The SMILES string of the molecule is COc1csc(-n2c(N)c(C#N)c3cnc(C)nc32)c1C. The molecule has 2 N–H and O–H groups in total. The molecule has 0 aliphatic carbocycles. The van der Waals surface area contributed by atoms with Gasteiger partial charge in [0.25, 0.3) is 0 Å². The third kappa shape index (κ3) is 1.84. The fraction of sp³-hybridized carbons (Fsp3) is 0.214. The molecular weight excluding hydrogens is 286 g/mol. The van der Waals surface area contributed by atoms with Gasteiger partial charge in [0.05, 0.1) is 12.5 Å². The number of nitriles is 1. The van der Waals surface area contributed by atoms with Gasteiger partial charge in [-0.2, -0.15) is 5.26 Å². The summed E-state index contributed by atoms with van der Waals surface area (Å²) in [6.45, 7) is 3.76. The van der Waals surface area contributed by atoms with E-state index in [1.165, 1.54) is 11.3 Å². The first-order valence-corrected chi connectivity index (χ1v) is 7.12. The van der Waals surface area contributed by atoms with Gasteiger partial charge in [-0.05, 0) is 13.8 Å². The molecule has 3 rings (SSSR count). The minimum Gasteiger partial charge on any atom is -0.496 e. The Balaban J connectivity index is 2.42. The van der Waals surface area contributed by atoms with Crippen molar-refractivity contribution in [2.75, 3.05) is 12.8 Å². The first kappa shape index (κ1) is 13.4. The number of aryl methyl sites for hydroxylation is 1. The lowest BCUT2D eigenvalue weighted by atomic mass is 10.2. The molecule has 0 saturated heterocycles. The molecule has 6 nitrogen and oxygen atoms in total. The second-order valence-electron chi connectivity index (χ2n) is 4.60. The predicted molar refractivity (Wildman–Crippen MR) is 81.9 cm³/mol. The highest BCUT2D eigenvalue weighted by molar-refractivity contribution is 7.13. The minimum absolute atomic E-state index is 0.375. The van der Waals surface area contributed by atoms with Crippen LogP contribution in [0.1, 0.15) is 17.0 Å². The van der Waals surface area contributed by atoms with Gasteiger partial charge in [-0.1, -0.05) is 0 Å². The Hall–Kier alpha value is -2.59. The third-order valence-corrected chi connectivity index (χ3v) is 4.41. The molecule has 0 unspecified atom stereocenters. The van der Waals surface area contributed by atoms with Crippen LogP contribution in [0, 0.1) is 25.2 Å². The van der Waals surface area contributed by atoms with Gasteiger partial charge in [0.1, 0.15) is 34.0 Å². The molecule has 0 saturated carbocycles. The van der Waals surface area contributed by atoms with Crippen molar-refractivity contribution in [1.29, 1.82) is 5.26 Å². The second-order valence-corrected chi connectivity index (χ2v) is 5.45. The van der Waals surface area contributed by atoms with Crippen LogP contribution in [0.2, 0.25) is 0 Å². The Morgan fingerprint density at radius 1 is 1.43 bits per heavy atom. The zero-order valence-corrected chi connectivity index (χ0v) is 12.7. The van der Waals surface area contributed by atoms with Crippen LogP contribution in [0.15, 0.2) is 11.6 Å². The maximum Gasteiger partial charge on any atom is 0.151 e. The van der Waals surface area contributed by atoms with Crippen LogP contribution in [-0.2, 0) is 0 Å². The summed E-state index contributed by atoms with van der Waals surface area (Å²) in [7, 11) is 1.63. The van der Waals surface area contributed by atoms with Gasteiger partial charge in [-0.25, -0.2) is 9.97 Å². The van der Waals surface area contributed by atoms with Crippen LogP contribution < -0.4 is 10.5 Å². The zero-order valence-electron chi connectivity index (χ0n) is 11.8. The molecule has 0 fully saturated rings. The molecule has 0 atom stereocenters. The average Bonchev–Trinajstić information content (AvgIpc) is 2.95. The average molecular weight is 299 g/mol. The highest BCUT2D eigenvalue weighted by atomic mass is 32.1. The first-order valence-electron chi connectivity index (χ1n) is 6.24. The van der Waals surface area contributed by atoms with E-state index in [-0.39, 0.29) is 0 Å². The summed E-state index contributed by atoms with van der Waals surface area (Å²) < 4.78 is 7.11. The molecule has 7 heteroatoms. The van der Waals surface area contributed by atoms with Crippen LogP contribution in [0.5, 0.6) is 5.75 Å². The minimum atomic E-state index is 0.375. The molecule has 0 bridgehead atoms. The van der Waals surface area contributed by atoms with Crippen LogP contribution in [0.4, 0.5) is 5.82 Å². The summed E-state index contributed by atoms with van der Waals surface area (Å²) >= 11 is 1.50. The summed E-state index contributed by atoms with van der Waals surface area (Å²) in [5.74, 6) is 1.80. The number of hydrogen-bond donors (Lipinski definition) is 1. The maximum absolute atomic E-state index is 9.35. The molecular formula is C14H13N5OS. The van der Waals surface area contributed by atoms with Crippen molar-refractivity contribution in [3.8, 4) is 16.8 Å². The largest absolute Gasteiger partial charge is 0.496 e. The van der Waals surface area contributed by atoms with Gasteiger partial charge in [-0.3, -0.25) is 4.57 Å². The van der Waals surface area contributed by atoms with E-state index in [9.17, 15) is 5.26 Å². The standard InChI is InChI=1S/C14H13N5OS/c1-7-11(20-3)6-21-14(7)19-12(16)9(4-15)10-5-17-8(2)18-13(10)19/h5-6H,16H2,1-3H3. The van der Waals surface area contributed by atoms with Crippen LogP contribution >= 0.6 is 11.3 Å². The Labute approximate surface area is 125 Å². The molecule has 0 radical (unpaired) electrons. The smallest absolute Gasteiger partial charge is 0.151 e. The van der Waals surface area contributed by atoms with Crippen LogP contribution in [0.25, 0.3) is 16.0 Å². The van der Waals surface area contributed by atoms with Crippen molar-refractivity contribution in [1.82, 2.24) is 14.5 Å². The molecule has 0 aromatic carbocycles. The Morgan fingerprint density at radius 3 is 2.81 bits per heavy atom. The fourth-order valence-electron chi connectivity index (χ4n) is 2.30. The Bertz CT molecular complexity index is 887. The van der Waals surface area contributed by atoms with Crippen molar-refractivity contribution in [3.63, 3.8) is 0 Å². The van der Waals surface area contributed by atoms with Gasteiger partial charge in [-0.15, -0.1) is 11.3 Å². The molecule has 0 amide bonds. The number of thiophene rings is 1. The molecule has 0 spiro atoms. The number of aromatic nitrogens is 3. The lowest BCUT2D eigenvalue weighted by molar-refractivity contribution is 0.413. The number of ether oxygens (including phenoxy) is 1. The maximum atomic E-state index is 9.35. The third-order valence-electron chi connectivity index (χ3n) is 3.37. The Kier molecular flexibility index (Phi) is 3.03. The van der Waals surface area contributed by atoms with Crippen molar-refractivity contribution < 1.29 is 4.74 Å². The summed E-state index contributed by atoms with van der Waals surface area (Å²) in [5, 5.41) is 12.8. The van der Waals surface area contributed by atoms with Gasteiger partial charge >= 0.3 is 0 Å². The number of anilines is 1. The van der Waals surface area contributed by atoms with Crippen molar-refractivity contribution in [2.45, 2.75) is 13.8 Å². The van der Waals surface area contributed by atoms with Crippen molar-refractivity contribution >= 4 is 28.2 Å². The lowest BCUT2D eigenvalue weighted by Crippen LogP contribution is -2.02. The van der Waals surface area contributed by atoms with Crippen LogP contribution in [0.3, 0.4) is 0 Å². The van der Waals surface area contributed by atoms with Crippen molar-refractivity contribution in [3.05, 3.63) is 28.5 Å². The van der Waals surface area contributed by atoms with E-state index in [1.54, 1.807) is 24.8 Å². The van der Waals surface area contributed by atoms with Crippen molar-refractivity contribution in [2.24, 2.45) is 0 Å². The molecule has 106 valence electrons. The van der Waals surface area contributed by atoms with E-state index in [2.05, 4.69) is 16.0 Å². The molecule has 21 heavy (non-hydrogen) atoms. The van der Waals surface area contributed by atoms with E-state index < -0.39 is 0 Å². The second kappa shape index (κ2) is 4.75. The number of fused-ring (bicyclic) bond motifs is 1. The van der Waals surface area contributed by atoms with E-state index in [1.807, 2.05) is 12.3 Å². The van der Waals surface area contributed by atoms with Gasteiger partial charge in [0.2, 0.25) is 0 Å². The summed E-state index contributed by atoms with van der Waals surface area (Å²) in [6, 6.07) is 2.14. The Morgan fingerprint density at radius 2 is 2.19 bits per heavy atom. The first-order chi connectivity index (χ1) is 10.1.